The summed E-state index contributed by atoms with van der Waals surface area (Å²) in [6.07, 6.45) is 2.51. The lowest BCUT2D eigenvalue weighted by Crippen LogP contribution is -2.39. The van der Waals surface area contributed by atoms with Crippen LogP contribution in [0.4, 0.5) is 0 Å². The number of nitrogens with one attached hydrogen (secondary N) is 1. The van der Waals surface area contributed by atoms with Crippen LogP contribution in [0.25, 0.3) is 0 Å². The van der Waals surface area contributed by atoms with E-state index in [4.69, 9.17) is 10.8 Å². The molecule has 1 saturated heterocycles. The Morgan fingerprint density at radius 1 is 1.29 bits per heavy atom. The molecule has 4 N–H and O–H groups in total. The zero-order chi connectivity index (χ0) is 10.2. The van der Waals surface area contributed by atoms with Crippen molar-refractivity contribution in [3.05, 3.63) is 0 Å². The molecule has 1 aliphatic rings. The molecule has 1 fully saturated rings. The Hall–Kier alpha value is -0.160. The predicted octanol–water partition coefficient (Wildman–Crippen LogP) is -0.761. The molecule has 0 aromatic carbocycles. The molecule has 0 bridgehead atoms. The molecule has 0 atom stereocenters. The lowest BCUT2D eigenvalue weighted by Gasteiger charge is -2.29. The van der Waals surface area contributed by atoms with E-state index in [0.29, 0.717) is 6.54 Å². The van der Waals surface area contributed by atoms with Crippen molar-refractivity contribution in [3.8, 4) is 0 Å². The zero-order valence-corrected chi connectivity index (χ0v) is 8.91. The highest BCUT2D eigenvalue weighted by Crippen LogP contribution is 2.12. The Bertz CT molecular complexity index is 131. The molecule has 1 aliphatic heterocycles. The maximum Gasteiger partial charge on any atom is 0.0558 e. The summed E-state index contributed by atoms with van der Waals surface area (Å²) in [5.41, 5.74) is 5.53. The summed E-state index contributed by atoms with van der Waals surface area (Å²) in [6, 6.07) is 0. The predicted molar refractivity (Wildman–Crippen MR) is 58.2 cm³/mol. The zero-order valence-electron chi connectivity index (χ0n) is 8.91. The lowest BCUT2D eigenvalue weighted by atomic mass is 9.97. The highest BCUT2D eigenvalue weighted by molar-refractivity contribution is 4.72. The van der Waals surface area contributed by atoms with E-state index < -0.39 is 0 Å². The summed E-state index contributed by atoms with van der Waals surface area (Å²) in [6.45, 7) is 5.97. The molecule has 0 spiro atoms. The summed E-state index contributed by atoms with van der Waals surface area (Å²) in [4.78, 5) is 2.27. The van der Waals surface area contributed by atoms with E-state index in [2.05, 4.69) is 10.2 Å². The van der Waals surface area contributed by atoms with Gasteiger partial charge in [-0.2, -0.15) is 0 Å². The Labute approximate surface area is 86.5 Å². The van der Waals surface area contributed by atoms with Crippen LogP contribution in [0.5, 0.6) is 0 Å². The molecule has 0 aromatic heterocycles. The van der Waals surface area contributed by atoms with Gasteiger partial charge in [-0.15, -0.1) is 0 Å². The van der Waals surface area contributed by atoms with Crippen LogP contribution in [0, 0.1) is 5.92 Å². The van der Waals surface area contributed by atoms with Crippen LogP contribution in [0.3, 0.4) is 0 Å². The molecule has 4 nitrogen and oxygen atoms in total. The van der Waals surface area contributed by atoms with E-state index in [-0.39, 0.29) is 6.61 Å². The number of aliphatic hydroxyl groups is 1. The number of hydrogen-bond acceptors (Lipinski definition) is 4. The third kappa shape index (κ3) is 4.37. The minimum absolute atomic E-state index is 0.241. The molecule has 0 aliphatic carbocycles. The van der Waals surface area contributed by atoms with Crippen molar-refractivity contribution in [2.75, 3.05) is 45.9 Å². The normalized spacial score (nSPS) is 19.1. The van der Waals surface area contributed by atoms with Gasteiger partial charge in [-0.05, 0) is 31.8 Å². The fourth-order valence-electron chi connectivity index (χ4n) is 2.05. The maximum atomic E-state index is 8.90. The smallest absolute Gasteiger partial charge is 0.0558 e. The van der Waals surface area contributed by atoms with Crippen molar-refractivity contribution < 1.29 is 5.11 Å². The van der Waals surface area contributed by atoms with Crippen LogP contribution < -0.4 is 11.1 Å². The highest BCUT2D eigenvalue weighted by Gasteiger charge is 2.15. The average molecular weight is 201 g/mol. The number of aliphatic hydroxyl groups excluding tert-OH is 1. The van der Waals surface area contributed by atoms with Crippen LogP contribution in [-0.2, 0) is 0 Å². The molecule has 14 heavy (non-hydrogen) atoms. The monoisotopic (exact) mass is 201 g/mol. The molecule has 0 radical (unpaired) electrons. The van der Waals surface area contributed by atoms with Gasteiger partial charge in [0.1, 0.15) is 0 Å². The molecule has 0 amide bonds. The number of hydrogen-bond donors (Lipinski definition) is 3. The summed E-state index contributed by atoms with van der Waals surface area (Å²) < 4.78 is 0. The second kappa shape index (κ2) is 7.17. The van der Waals surface area contributed by atoms with Crippen LogP contribution in [0.1, 0.15) is 12.8 Å². The van der Waals surface area contributed by atoms with Gasteiger partial charge in [0.05, 0.1) is 6.61 Å². The first-order valence-corrected chi connectivity index (χ1v) is 5.61. The van der Waals surface area contributed by atoms with Gasteiger partial charge in [-0.1, -0.05) is 0 Å². The molecule has 1 rings (SSSR count). The van der Waals surface area contributed by atoms with E-state index >= 15 is 0 Å². The van der Waals surface area contributed by atoms with E-state index in [1.54, 1.807) is 0 Å². The highest BCUT2D eigenvalue weighted by atomic mass is 16.3. The lowest BCUT2D eigenvalue weighted by molar-refractivity contribution is 0.166. The second-order valence-electron chi connectivity index (χ2n) is 4.01. The van der Waals surface area contributed by atoms with Gasteiger partial charge in [0, 0.05) is 26.2 Å². The Morgan fingerprint density at radius 3 is 2.57 bits per heavy atom. The van der Waals surface area contributed by atoms with Crippen molar-refractivity contribution >= 4 is 0 Å². The fourth-order valence-corrected chi connectivity index (χ4v) is 2.05. The first kappa shape index (κ1) is 11.9. The SMILES string of the molecule is NCCN(CCO)CC1CCNCC1. The number of nitrogens with zero attached hydrogens (tertiary/aromatic N) is 1. The number of rotatable bonds is 6. The second-order valence-corrected chi connectivity index (χ2v) is 4.01. The molecule has 0 saturated carbocycles. The van der Waals surface area contributed by atoms with Crippen molar-refractivity contribution in [3.63, 3.8) is 0 Å². The van der Waals surface area contributed by atoms with Crippen LogP contribution >= 0.6 is 0 Å². The first-order valence-electron chi connectivity index (χ1n) is 5.61. The van der Waals surface area contributed by atoms with E-state index in [0.717, 1.165) is 38.6 Å². The summed E-state index contributed by atoms with van der Waals surface area (Å²) in [5, 5.41) is 12.3. The summed E-state index contributed by atoms with van der Waals surface area (Å²) in [7, 11) is 0. The quantitative estimate of drug-likeness (QED) is 0.528. The summed E-state index contributed by atoms with van der Waals surface area (Å²) >= 11 is 0. The third-order valence-electron chi connectivity index (χ3n) is 2.84. The Morgan fingerprint density at radius 2 is 2.00 bits per heavy atom. The van der Waals surface area contributed by atoms with Gasteiger partial charge in [0.25, 0.3) is 0 Å². The Balaban J connectivity index is 2.21. The third-order valence-corrected chi connectivity index (χ3v) is 2.84. The van der Waals surface area contributed by atoms with Crippen LogP contribution in [0.15, 0.2) is 0 Å². The molecular weight excluding hydrogens is 178 g/mol. The molecule has 4 heteroatoms. The number of piperidine rings is 1. The molecule has 84 valence electrons. The van der Waals surface area contributed by atoms with Gasteiger partial charge in [-0.25, -0.2) is 0 Å². The van der Waals surface area contributed by atoms with Gasteiger partial charge in [0.2, 0.25) is 0 Å². The van der Waals surface area contributed by atoms with E-state index in [1.807, 2.05) is 0 Å². The number of nitrogens with two attached hydrogens (primary N) is 1. The fraction of sp³-hybridized carbons (Fsp3) is 1.00. The van der Waals surface area contributed by atoms with Gasteiger partial charge in [0.15, 0.2) is 0 Å². The first-order chi connectivity index (χ1) is 6.86. The van der Waals surface area contributed by atoms with Gasteiger partial charge in [-0.3, -0.25) is 4.90 Å². The van der Waals surface area contributed by atoms with Crippen molar-refractivity contribution in [2.45, 2.75) is 12.8 Å². The maximum absolute atomic E-state index is 8.90. The standard InChI is InChI=1S/C10H23N3O/c11-3-6-13(7-8-14)9-10-1-4-12-5-2-10/h10,12,14H,1-9,11H2. The van der Waals surface area contributed by atoms with Crippen molar-refractivity contribution in [1.82, 2.24) is 10.2 Å². The minimum atomic E-state index is 0.241. The minimum Gasteiger partial charge on any atom is -0.395 e. The largest absolute Gasteiger partial charge is 0.395 e. The van der Waals surface area contributed by atoms with E-state index in [1.165, 1.54) is 12.8 Å². The van der Waals surface area contributed by atoms with Gasteiger partial charge < -0.3 is 16.2 Å². The van der Waals surface area contributed by atoms with Crippen LogP contribution in [0.2, 0.25) is 0 Å². The molecule has 0 aromatic rings. The van der Waals surface area contributed by atoms with E-state index in [9.17, 15) is 0 Å². The van der Waals surface area contributed by atoms with Crippen molar-refractivity contribution in [1.29, 1.82) is 0 Å². The van der Waals surface area contributed by atoms with Crippen LogP contribution in [-0.4, -0.2) is 55.9 Å². The molecule has 1 heterocycles. The molecule has 0 unspecified atom stereocenters. The summed E-state index contributed by atoms with van der Waals surface area (Å²) in [5.74, 6) is 0.786. The Kier molecular flexibility index (Phi) is 6.10. The average Bonchev–Trinajstić information content (AvgIpc) is 2.20. The van der Waals surface area contributed by atoms with Gasteiger partial charge >= 0.3 is 0 Å². The molecular formula is C10H23N3O. The van der Waals surface area contributed by atoms with Crippen molar-refractivity contribution in [2.24, 2.45) is 11.7 Å². The topological polar surface area (TPSA) is 61.5 Å².